The molecule has 174 valence electrons. The Labute approximate surface area is 207 Å². The second-order valence-corrected chi connectivity index (χ2v) is 10.1. The van der Waals surface area contributed by atoms with Crippen LogP contribution in [0, 0.1) is 6.92 Å². The molecule has 1 fully saturated rings. The zero-order valence-corrected chi connectivity index (χ0v) is 20.6. The lowest BCUT2D eigenvalue weighted by molar-refractivity contribution is -0.129. The number of carbonyl (C=O) groups is 1. The van der Waals surface area contributed by atoms with Crippen molar-refractivity contribution in [2.75, 3.05) is 12.3 Å². The summed E-state index contributed by atoms with van der Waals surface area (Å²) in [4.78, 5) is 16.4. The number of nitrogens with zero attached hydrogens (tertiary/aromatic N) is 4. The average Bonchev–Trinajstić information content (AvgIpc) is 3.63. The molecule has 1 aliphatic rings. The van der Waals surface area contributed by atoms with E-state index in [1.807, 2.05) is 71.0 Å². The highest BCUT2D eigenvalue weighted by atomic mass is 32.2. The molecule has 0 spiro atoms. The van der Waals surface area contributed by atoms with Gasteiger partial charge in [0.05, 0.1) is 11.8 Å². The van der Waals surface area contributed by atoms with Gasteiger partial charge in [0, 0.05) is 17.1 Å². The van der Waals surface area contributed by atoms with Gasteiger partial charge in [-0.3, -0.25) is 9.36 Å². The first-order valence-electron chi connectivity index (χ1n) is 11.3. The molecule has 2 aromatic carbocycles. The summed E-state index contributed by atoms with van der Waals surface area (Å²) in [6.45, 7) is 3.11. The Morgan fingerprint density at radius 1 is 1.09 bits per heavy atom. The number of thioether (sulfide) groups is 1. The first-order valence-corrected chi connectivity index (χ1v) is 13.2. The molecule has 1 saturated heterocycles. The van der Waals surface area contributed by atoms with E-state index in [0.717, 1.165) is 36.4 Å². The lowest BCUT2D eigenvalue weighted by Gasteiger charge is -2.23. The van der Waals surface area contributed by atoms with Gasteiger partial charge < -0.3 is 9.64 Å². The van der Waals surface area contributed by atoms with Crippen LogP contribution in [0.25, 0.3) is 5.69 Å². The fourth-order valence-corrected chi connectivity index (χ4v) is 5.97. The first-order chi connectivity index (χ1) is 16.7. The van der Waals surface area contributed by atoms with E-state index < -0.39 is 0 Å². The molecule has 0 radical (unpaired) electrons. The van der Waals surface area contributed by atoms with Gasteiger partial charge in [0.1, 0.15) is 12.4 Å². The summed E-state index contributed by atoms with van der Waals surface area (Å²) in [6, 6.07) is 22.3. The predicted octanol–water partition coefficient (Wildman–Crippen LogP) is 5.67. The number of benzene rings is 2. The quantitative estimate of drug-likeness (QED) is 0.298. The molecule has 0 saturated carbocycles. The molecule has 0 bridgehead atoms. The van der Waals surface area contributed by atoms with Gasteiger partial charge in [-0.25, -0.2) is 0 Å². The Kier molecular flexibility index (Phi) is 6.97. The van der Waals surface area contributed by atoms with Gasteiger partial charge in [-0.2, -0.15) is 0 Å². The van der Waals surface area contributed by atoms with Crippen molar-refractivity contribution in [3.05, 3.63) is 88.4 Å². The summed E-state index contributed by atoms with van der Waals surface area (Å²) < 4.78 is 8.04. The third kappa shape index (κ3) is 4.88. The third-order valence-electron chi connectivity index (χ3n) is 5.93. The van der Waals surface area contributed by atoms with E-state index in [0.29, 0.717) is 16.7 Å². The number of thiophene rings is 1. The summed E-state index contributed by atoms with van der Waals surface area (Å²) in [7, 11) is 0. The minimum absolute atomic E-state index is 0.140. The molecule has 1 unspecified atom stereocenters. The van der Waals surface area contributed by atoms with E-state index in [4.69, 9.17) is 4.74 Å². The molecular formula is C26H26N4O2S2. The predicted molar refractivity (Wildman–Crippen MR) is 136 cm³/mol. The van der Waals surface area contributed by atoms with Crippen LogP contribution in [-0.2, 0) is 11.4 Å². The molecule has 3 heterocycles. The highest BCUT2D eigenvalue weighted by Gasteiger charge is 2.30. The van der Waals surface area contributed by atoms with Crippen LogP contribution in [0.1, 0.15) is 35.1 Å². The van der Waals surface area contributed by atoms with Crippen molar-refractivity contribution in [2.24, 2.45) is 0 Å². The summed E-state index contributed by atoms with van der Waals surface area (Å²) in [6.07, 6.45) is 2.07. The number of amides is 1. The van der Waals surface area contributed by atoms with Crippen molar-refractivity contribution in [1.82, 2.24) is 19.7 Å². The van der Waals surface area contributed by atoms with Crippen molar-refractivity contribution < 1.29 is 9.53 Å². The number of hydrogen-bond donors (Lipinski definition) is 0. The van der Waals surface area contributed by atoms with Gasteiger partial charge in [0.2, 0.25) is 5.91 Å². The largest absolute Gasteiger partial charge is 0.485 e. The van der Waals surface area contributed by atoms with Gasteiger partial charge in [-0.1, -0.05) is 54.2 Å². The van der Waals surface area contributed by atoms with E-state index in [1.165, 1.54) is 16.6 Å². The highest BCUT2D eigenvalue weighted by Crippen LogP contribution is 2.35. The van der Waals surface area contributed by atoms with Crippen LogP contribution < -0.4 is 4.74 Å². The molecule has 34 heavy (non-hydrogen) atoms. The highest BCUT2D eigenvalue weighted by molar-refractivity contribution is 7.99. The monoisotopic (exact) mass is 490 g/mol. The fraction of sp³-hybridized carbons (Fsp3) is 0.269. The maximum absolute atomic E-state index is 13.2. The number of aromatic nitrogens is 3. The van der Waals surface area contributed by atoms with Crippen molar-refractivity contribution in [3.63, 3.8) is 0 Å². The molecule has 5 rings (SSSR count). The van der Waals surface area contributed by atoms with Gasteiger partial charge >= 0.3 is 0 Å². The minimum atomic E-state index is 0.140. The van der Waals surface area contributed by atoms with E-state index >= 15 is 0 Å². The van der Waals surface area contributed by atoms with Crippen LogP contribution in [0.4, 0.5) is 0 Å². The van der Waals surface area contributed by atoms with Crippen LogP contribution in [0.3, 0.4) is 0 Å². The number of aryl methyl sites for hydroxylation is 1. The van der Waals surface area contributed by atoms with Gasteiger partial charge in [-0.05, 0) is 55.0 Å². The normalized spacial score (nSPS) is 15.6. The number of likely N-dealkylation sites (tertiary alicyclic amines) is 1. The lowest BCUT2D eigenvalue weighted by atomic mass is 10.2. The van der Waals surface area contributed by atoms with E-state index in [-0.39, 0.29) is 18.6 Å². The SMILES string of the molecule is Cc1ccccc1OCc1nnc(SCC(=O)N2CCCC2c2cccs2)n1-c1ccccc1. The molecule has 6 nitrogen and oxygen atoms in total. The second kappa shape index (κ2) is 10.4. The molecule has 2 aromatic heterocycles. The topological polar surface area (TPSA) is 60.3 Å². The summed E-state index contributed by atoms with van der Waals surface area (Å²) in [5.41, 5.74) is 2.02. The Morgan fingerprint density at radius 3 is 2.71 bits per heavy atom. The number of para-hydroxylation sites is 2. The Bertz CT molecular complexity index is 1240. The second-order valence-electron chi connectivity index (χ2n) is 8.17. The molecule has 1 atom stereocenters. The van der Waals surface area contributed by atoms with Crippen molar-refractivity contribution in [2.45, 2.75) is 37.6 Å². The lowest BCUT2D eigenvalue weighted by Crippen LogP contribution is -2.31. The minimum Gasteiger partial charge on any atom is -0.485 e. The summed E-state index contributed by atoms with van der Waals surface area (Å²) in [5.74, 6) is 1.98. The molecule has 1 amide bonds. The molecule has 1 aliphatic heterocycles. The summed E-state index contributed by atoms with van der Waals surface area (Å²) >= 11 is 3.15. The van der Waals surface area contributed by atoms with E-state index in [2.05, 4.69) is 27.7 Å². The van der Waals surface area contributed by atoms with Crippen molar-refractivity contribution in [3.8, 4) is 11.4 Å². The Balaban J connectivity index is 1.33. The maximum Gasteiger partial charge on any atom is 0.233 e. The maximum atomic E-state index is 13.2. The smallest absolute Gasteiger partial charge is 0.233 e. The van der Waals surface area contributed by atoms with Crippen molar-refractivity contribution >= 4 is 29.0 Å². The molecule has 4 aromatic rings. The van der Waals surface area contributed by atoms with Crippen LogP contribution in [-0.4, -0.2) is 37.9 Å². The van der Waals surface area contributed by atoms with Crippen LogP contribution in [0.2, 0.25) is 0 Å². The van der Waals surface area contributed by atoms with Gasteiger partial charge in [0.15, 0.2) is 11.0 Å². The molecular weight excluding hydrogens is 464 g/mol. The number of hydrogen-bond acceptors (Lipinski definition) is 6. The zero-order valence-electron chi connectivity index (χ0n) is 19.0. The van der Waals surface area contributed by atoms with Gasteiger partial charge in [-0.15, -0.1) is 21.5 Å². The Hall–Kier alpha value is -3.10. The van der Waals surface area contributed by atoms with Gasteiger partial charge in [0.25, 0.3) is 0 Å². The Morgan fingerprint density at radius 2 is 1.91 bits per heavy atom. The molecule has 0 aliphatic carbocycles. The van der Waals surface area contributed by atoms with Crippen LogP contribution in [0.5, 0.6) is 5.75 Å². The third-order valence-corrected chi connectivity index (χ3v) is 7.82. The standard InChI is InChI=1S/C26H26N4O2S2/c1-19-9-5-6-13-22(19)32-17-24-27-28-26(30(24)20-10-3-2-4-11-20)34-18-25(31)29-15-7-12-21(29)23-14-8-16-33-23/h2-6,8-11,13-14,16,21H,7,12,15,17-18H2,1H3. The first kappa shape index (κ1) is 22.7. The molecule has 8 heteroatoms. The number of ether oxygens (including phenoxy) is 1. The molecule has 0 N–H and O–H groups in total. The van der Waals surface area contributed by atoms with Crippen LogP contribution >= 0.6 is 23.1 Å². The van der Waals surface area contributed by atoms with E-state index in [1.54, 1.807) is 11.3 Å². The average molecular weight is 491 g/mol. The number of carbonyl (C=O) groups excluding carboxylic acids is 1. The number of rotatable bonds is 8. The van der Waals surface area contributed by atoms with Crippen molar-refractivity contribution in [1.29, 1.82) is 0 Å². The zero-order chi connectivity index (χ0) is 23.3. The van der Waals surface area contributed by atoms with Crippen LogP contribution in [0.15, 0.2) is 77.3 Å². The summed E-state index contributed by atoms with van der Waals surface area (Å²) in [5, 5.41) is 11.6. The van der Waals surface area contributed by atoms with E-state index in [9.17, 15) is 4.79 Å². The fourth-order valence-electron chi connectivity index (χ4n) is 4.24.